The monoisotopic (exact) mass is 305 g/mol. The van der Waals surface area contributed by atoms with Crippen LogP contribution in [0.2, 0.25) is 0 Å². The van der Waals surface area contributed by atoms with E-state index < -0.39 is 29.4 Å². The zero-order chi connectivity index (χ0) is 16.3. The first-order chi connectivity index (χ1) is 9.49. The summed E-state index contributed by atoms with van der Waals surface area (Å²) in [5.41, 5.74) is -1.19. The van der Waals surface area contributed by atoms with Gasteiger partial charge in [0, 0.05) is 18.2 Å². The molecule has 0 atom stereocenters. The smallest absolute Gasteiger partial charge is 0.481 e. The highest BCUT2D eigenvalue weighted by atomic mass is 19.4. The number of hydrogen-bond donors (Lipinski definition) is 2. The lowest BCUT2D eigenvalue weighted by Crippen LogP contribution is -2.29. The van der Waals surface area contributed by atoms with Crippen molar-refractivity contribution >= 4 is 17.6 Å². The van der Waals surface area contributed by atoms with Crippen LogP contribution in [0.1, 0.15) is 20.3 Å². The fourth-order valence-electron chi connectivity index (χ4n) is 1.45. The second-order valence-electron chi connectivity index (χ2n) is 4.99. The molecule has 2 N–H and O–H groups in total. The summed E-state index contributed by atoms with van der Waals surface area (Å²) in [5.74, 6) is -2.24. The maximum Gasteiger partial charge on any atom is 0.573 e. The summed E-state index contributed by atoms with van der Waals surface area (Å²) in [7, 11) is 0. The zero-order valence-electron chi connectivity index (χ0n) is 11.3. The molecule has 0 saturated carbocycles. The third-order valence-electron chi connectivity index (χ3n) is 2.53. The van der Waals surface area contributed by atoms with Crippen molar-refractivity contribution in [2.75, 3.05) is 5.32 Å². The number of carboxylic acids is 1. The summed E-state index contributed by atoms with van der Waals surface area (Å²) in [6.45, 7) is 2.75. The van der Waals surface area contributed by atoms with Gasteiger partial charge in [0.1, 0.15) is 5.75 Å². The van der Waals surface area contributed by atoms with Crippen LogP contribution in [0.4, 0.5) is 18.9 Å². The molecule has 0 aromatic heterocycles. The van der Waals surface area contributed by atoms with E-state index in [4.69, 9.17) is 5.11 Å². The third kappa shape index (κ3) is 5.72. The fraction of sp³-hybridized carbons (Fsp3) is 0.385. The molecule has 1 amide bonds. The Hall–Kier alpha value is -2.25. The van der Waals surface area contributed by atoms with E-state index in [0.717, 1.165) is 12.1 Å². The average Bonchev–Trinajstić information content (AvgIpc) is 2.25. The van der Waals surface area contributed by atoms with Crippen molar-refractivity contribution in [1.82, 2.24) is 0 Å². The van der Waals surface area contributed by atoms with E-state index >= 15 is 0 Å². The molecule has 0 unspecified atom stereocenters. The Morgan fingerprint density at radius 1 is 1.29 bits per heavy atom. The van der Waals surface area contributed by atoms with E-state index in [1.165, 1.54) is 26.0 Å². The molecule has 0 spiro atoms. The molecule has 1 rings (SSSR count). The van der Waals surface area contributed by atoms with E-state index in [1.54, 1.807) is 0 Å². The first kappa shape index (κ1) is 16.8. The van der Waals surface area contributed by atoms with Gasteiger partial charge in [0.2, 0.25) is 5.91 Å². The standard InChI is InChI=1S/C13H14F3NO4/c1-12(2,11(19)20)7-10(18)17-8-4-3-5-9(6-8)21-13(14,15)16/h3-6H,7H2,1-2H3,(H,17,18)(H,19,20). The lowest BCUT2D eigenvalue weighted by atomic mass is 9.89. The molecule has 116 valence electrons. The molecule has 0 fully saturated rings. The van der Waals surface area contributed by atoms with Crippen molar-refractivity contribution in [3.63, 3.8) is 0 Å². The van der Waals surface area contributed by atoms with Gasteiger partial charge in [0.15, 0.2) is 0 Å². The number of anilines is 1. The van der Waals surface area contributed by atoms with Gasteiger partial charge in [-0.05, 0) is 26.0 Å². The summed E-state index contributed by atoms with van der Waals surface area (Å²) in [4.78, 5) is 22.6. The molecule has 0 radical (unpaired) electrons. The number of rotatable bonds is 5. The second-order valence-corrected chi connectivity index (χ2v) is 4.99. The molecule has 0 aliphatic heterocycles. The summed E-state index contributed by atoms with van der Waals surface area (Å²) in [6, 6.07) is 4.73. The molecule has 1 aromatic rings. The number of benzene rings is 1. The number of amides is 1. The number of nitrogens with one attached hydrogen (secondary N) is 1. The van der Waals surface area contributed by atoms with E-state index in [9.17, 15) is 22.8 Å². The van der Waals surface area contributed by atoms with Crippen LogP contribution in [0.3, 0.4) is 0 Å². The fourth-order valence-corrected chi connectivity index (χ4v) is 1.45. The van der Waals surface area contributed by atoms with Crippen LogP contribution >= 0.6 is 0 Å². The summed E-state index contributed by atoms with van der Waals surface area (Å²) in [6.07, 6.45) is -5.14. The SMILES string of the molecule is CC(C)(CC(=O)Nc1cccc(OC(F)(F)F)c1)C(=O)O. The van der Waals surface area contributed by atoms with E-state index in [2.05, 4.69) is 10.1 Å². The van der Waals surface area contributed by atoms with Crippen LogP contribution in [0.25, 0.3) is 0 Å². The minimum atomic E-state index is -4.83. The average molecular weight is 305 g/mol. The zero-order valence-corrected chi connectivity index (χ0v) is 11.3. The Morgan fingerprint density at radius 2 is 1.90 bits per heavy atom. The van der Waals surface area contributed by atoms with Crippen molar-refractivity contribution in [1.29, 1.82) is 0 Å². The van der Waals surface area contributed by atoms with E-state index in [1.807, 2.05) is 0 Å². The Morgan fingerprint density at radius 3 is 2.43 bits per heavy atom. The van der Waals surface area contributed by atoms with Crippen LogP contribution in [0, 0.1) is 5.41 Å². The van der Waals surface area contributed by atoms with Crippen molar-refractivity contribution in [2.45, 2.75) is 26.6 Å². The molecule has 0 aliphatic carbocycles. The van der Waals surface area contributed by atoms with Gasteiger partial charge in [-0.25, -0.2) is 0 Å². The Labute approximate surface area is 118 Å². The first-order valence-corrected chi connectivity index (χ1v) is 5.89. The highest BCUT2D eigenvalue weighted by Crippen LogP contribution is 2.26. The molecule has 1 aromatic carbocycles. The number of carbonyl (C=O) groups is 2. The summed E-state index contributed by atoms with van der Waals surface area (Å²) >= 11 is 0. The van der Waals surface area contributed by atoms with Crippen LogP contribution in [-0.4, -0.2) is 23.3 Å². The number of halogens is 3. The molecule has 21 heavy (non-hydrogen) atoms. The Kier molecular flexibility index (Phi) is 4.82. The molecule has 0 saturated heterocycles. The maximum absolute atomic E-state index is 12.1. The van der Waals surface area contributed by atoms with E-state index in [-0.39, 0.29) is 12.1 Å². The maximum atomic E-state index is 12.1. The van der Waals surface area contributed by atoms with Gasteiger partial charge in [-0.3, -0.25) is 9.59 Å². The number of alkyl halides is 3. The van der Waals surface area contributed by atoms with Crippen molar-refractivity contribution in [2.24, 2.45) is 5.41 Å². The van der Waals surface area contributed by atoms with Crippen molar-refractivity contribution < 1.29 is 32.6 Å². The van der Waals surface area contributed by atoms with Crippen molar-refractivity contribution in [3.8, 4) is 5.75 Å². The predicted octanol–water partition coefficient (Wildman–Crippen LogP) is 3.02. The van der Waals surface area contributed by atoms with Gasteiger partial charge < -0.3 is 15.2 Å². The lowest BCUT2D eigenvalue weighted by Gasteiger charge is -2.18. The first-order valence-electron chi connectivity index (χ1n) is 5.89. The highest BCUT2D eigenvalue weighted by Gasteiger charge is 2.32. The highest BCUT2D eigenvalue weighted by molar-refractivity contribution is 5.94. The Bertz CT molecular complexity index is 540. The van der Waals surface area contributed by atoms with Crippen molar-refractivity contribution in [3.05, 3.63) is 24.3 Å². The predicted molar refractivity (Wildman–Crippen MR) is 67.8 cm³/mol. The van der Waals surface area contributed by atoms with Gasteiger partial charge in [0.25, 0.3) is 0 Å². The number of carbonyl (C=O) groups excluding carboxylic acids is 1. The van der Waals surface area contributed by atoms with Crippen LogP contribution in [0.5, 0.6) is 5.75 Å². The second kappa shape index (κ2) is 6.02. The topological polar surface area (TPSA) is 75.6 Å². The largest absolute Gasteiger partial charge is 0.573 e. The van der Waals surface area contributed by atoms with Gasteiger partial charge in [-0.15, -0.1) is 13.2 Å². The summed E-state index contributed by atoms with van der Waals surface area (Å²) < 4.78 is 39.9. The van der Waals surface area contributed by atoms with Gasteiger partial charge in [0.05, 0.1) is 5.41 Å². The molecular formula is C13H14F3NO4. The van der Waals surface area contributed by atoms with Gasteiger partial charge in [-0.1, -0.05) is 6.07 Å². The number of hydrogen-bond acceptors (Lipinski definition) is 3. The molecule has 0 heterocycles. The van der Waals surface area contributed by atoms with Crippen LogP contribution in [0.15, 0.2) is 24.3 Å². The van der Waals surface area contributed by atoms with Gasteiger partial charge in [-0.2, -0.15) is 0 Å². The quantitative estimate of drug-likeness (QED) is 0.876. The van der Waals surface area contributed by atoms with Gasteiger partial charge >= 0.3 is 12.3 Å². The van der Waals surface area contributed by atoms with E-state index in [0.29, 0.717) is 0 Å². The molecule has 0 bridgehead atoms. The molecular weight excluding hydrogens is 291 g/mol. The summed E-state index contributed by atoms with van der Waals surface area (Å²) in [5, 5.41) is 11.2. The molecule has 8 heteroatoms. The third-order valence-corrected chi connectivity index (χ3v) is 2.53. The number of aliphatic carboxylic acids is 1. The van der Waals surface area contributed by atoms with Crippen LogP contribution in [-0.2, 0) is 9.59 Å². The normalized spacial score (nSPS) is 11.9. The van der Waals surface area contributed by atoms with Crippen LogP contribution < -0.4 is 10.1 Å². The minimum absolute atomic E-state index is 0.0861. The number of carboxylic acid groups (broad SMARTS) is 1. The molecule has 5 nitrogen and oxygen atoms in total. The lowest BCUT2D eigenvalue weighted by molar-refractivity contribution is -0.274. The number of ether oxygens (including phenoxy) is 1. The Balaban J connectivity index is 2.73. The molecule has 0 aliphatic rings. The minimum Gasteiger partial charge on any atom is -0.481 e.